The second-order valence-electron chi connectivity index (χ2n) is 8.12. The van der Waals surface area contributed by atoms with Crippen LogP contribution < -0.4 is 10.1 Å². The molecule has 9 heteroatoms. The number of amides is 4. The third-order valence-electron chi connectivity index (χ3n) is 5.68. The van der Waals surface area contributed by atoms with Crippen LogP contribution in [0.5, 0.6) is 5.75 Å². The molecule has 0 aromatic heterocycles. The average molecular weight is 418 g/mol. The number of rotatable bonds is 7. The van der Waals surface area contributed by atoms with Crippen LogP contribution in [0.15, 0.2) is 24.3 Å². The Morgan fingerprint density at radius 3 is 2.60 bits per heavy atom. The molecule has 3 rings (SSSR count). The monoisotopic (exact) mass is 418 g/mol. The molecule has 1 atom stereocenters. The van der Waals surface area contributed by atoms with E-state index in [2.05, 4.69) is 10.2 Å². The average Bonchev–Trinajstić information content (AvgIpc) is 2.90. The predicted octanol–water partition coefficient (Wildman–Crippen LogP) is 0.422. The quantitative estimate of drug-likeness (QED) is 0.623. The van der Waals surface area contributed by atoms with Gasteiger partial charge < -0.3 is 20.1 Å². The van der Waals surface area contributed by atoms with Gasteiger partial charge in [-0.25, -0.2) is 4.79 Å². The minimum absolute atomic E-state index is 0.0631. The van der Waals surface area contributed by atoms with E-state index < -0.39 is 11.6 Å². The number of carbonyl (C=O) groups is 3. The molecule has 2 aliphatic rings. The Hall–Kier alpha value is -2.65. The summed E-state index contributed by atoms with van der Waals surface area (Å²) in [4.78, 5) is 40.6. The molecular formula is C21H30N4O5. The highest BCUT2D eigenvalue weighted by molar-refractivity contribution is 6.04. The summed E-state index contributed by atoms with van der Waals surface area (Å²) in [6, 6.07) is 7.31. The molecule has 0 aliphatic carbocycles. The van der Waals surface area contributed by atoms with Crippen molar-refractivity contribution in [3.63, 3.8) is 0 Å². The second kappa shape index (κ2) is 9.44. The molecule has 2 fully saturated rings. The van der Waals surface area contributed by atoms with Crippen molar-refractivity contribution in [2.75, 3.05) is 46.9 Å². The van der Waals surface area contributed by atoms with Crippen LogP contribution in [-0.4, -0.2) is 90.1 Å². The zero-order valence-electron chi connectivity index (χ0n) is 17.6. The molecular weight excluding hydrogens is 388 g/mol. The highest BCUT2D eigenvalue weighted by Gasteiger charge is 2.35. The first-order valence-corrected chi connectivity index (χ1v) is 10.2. The lowest BCUT2D eigenvalue weighted by Gasteiger charge is -2.32. The molecule has 0 bridgehead atoms. The normalized spacial score (nSPS) is 22.3. The maximum atomic E-state index is 12.6. The van der Waals surface area contributed by atoms with Gasteiger partial charge in [0.2, 0.25) is 5.91 Å². The van der Waals surface area contributed by atoms with Crippen LogP contribution in [0, 0.1) is 0 Å². The molecule has 1 aromatic carbocycles. The predicted molar refractivity (Wildman–Crippen MR) is 110 cm³/mol. The van der Waals surface area contributed by atoms with Crippen LogP contribution >= 0.6 is 0 Å². The van der Waals surface area contributed by atoms with Crippen LogP contribution in [0.1, 0.15) is 24.8 Å². The van der Waals surface area contributed by atoms with Crippen LogP contribution in [0.25, 0.3) is 0 Å². The van der Waals surface area contributed by atoms with Gasteiger partial charge in [0.25, 0.3) is 5.91 Å². The van der Waals surface area contributed by atoms with Crippen molar-refractivity contribution in [3.8, 4) is 5.75 Å². The van der Waals surface area contributed by atoms with Crippen LogP contribution in [-0.2, 0) is 16.1 Å². The molecule has 0 radical (unpaired) electrons. The SMILES string of the molecule is COc1ccc(CN(C)C[C@@]2(O)CCCN(C(=O)CN3C(=O)CNC3=O)CC2)cc1. The molecule has 4 amide bonds. The Kier molecular flexibility index (Phi) is 6.94. The number of hydrogen-bond acceptors (Lipinski definition) is 6. The van der Waals surface area contributed by atoms with Crippen molar-refractivity contribution in [2.24, 2.45) is 0 Å². The molecule has 2 heterocycles. The van der Waals surface area contributed by atoms with E-state index in [1.807, 2.05) is 31.3 Å². The highest BCUT2D eigenvalue weighted by Crippen LogP contribution is 2.24. The maximum absolute atomic E-state index is 12.6. The fourth-order valence-corrected chi connectivity index (χ4v) is 4.04. The van der Waals surface area contributed by atoms with E-state index in [9.17, 15) is 19.5 Å². The minimum Gasteiger partial charge on any atom is -0.497 e. The van der Waals surface area contributed by atoms with E-state index in [4.69, 9.17) is 4.74 Å². The Morgan fingerprint density at radius 1 is 1.23 bits per heavy atom. The molecule has 0 saturated carbocycles. The summed E-state index contributed by atoms with van der Waals surface area (Å²) < 4.78 is 5.18. The van der Waals surface area contributed by atoms with Crippen molar-refractivity contribution >= 4 is 17.8 Å². The van der Waals surface area contributed by atoms with Crippen molar-refractivity contribution in [1.29, 1.82) is 0 Å². The van der Waals surface area contributed by atoms with Gasteiger partial charge in [0.05, 0.1) is 19.3 Å². The number of urea groups is 1. The largest absolute Gasteiger partial charge is 0.497 e. The highest BCUT2D eigenvalue weighted by atomic mass is 16.5. The smallest absolute Gasteiger partial charge is 0.325 e. The minimum atomic E-state index is -0.892. The Morgan fingerprint density at radius 2 is 1.97 bits per heavy atom. The molecule has 2 saturated heterocycles. The van der Waals surface area contributed by atoms with Gasteiger partial charge in [0.1, 0.15) is 12.3 Å². The molecule has 0 spiro atoms. The molecule has 2 aliphatic heterocycles. The number of nitrogens with zero attached hydrogens (tertiary/aromatic N) is 3. The number of benzene rings is 1. The number of nitrogens with one attached hydrogen (secondary N) is 1. The summed E-state index contributed by atoms with van der Waals surface area (Å²) in [5.41, 5.74) is 0.234. The Bertz CT molecular complexity index is 768. The van der Waals surface area contributed by atoms with Gasteiger partial charge in [-0.15, -0.1) is 0 Å². The molecule has 0 unspecified atom stereocenters. The summed E-state index contributed by atoms with van der Waals surface area (Å²) in [6.07, 6.45) is 1.71. The third kappa shape index (κ3) is 5.48. The first-order valence-electron chi connectivity index (χ1n) is 10.2. The van der Waals surface area contributed by atoms with E-state index in [1.165, 1.54) is 0 Å². The van der Waals surface area contributed by atoms with E-state index in [0.717, 1.165) is 16.2 Å². The van der Waals surface area contributed by atoms with Crippen molar-refractivity contribution in [2.45, 2.75) is 31.4 Å². The van der Waals surface area contributed by atoms with Gasteiger partial charge >= 0.3 is 6.03 Å². The lowest BCUT2D eigenvalue weighted by Crippen LogP contribution is -2.45. The number of carbonyl (C=O) groups excluding carboxylic acids is 3. The summed E-state index contributed by atoms with van der Waals surface area (Å²) >= 11 is 0. The number of aliphatic hydroxyl groups is 1. The van der Waals surface area contributed by atoms with Gasteiger partial charge in [-0.05, 0) is 44.0 Å². The molecule has 1 aromatic rings. The number of methoxy groups -OCH3 is 1. The van der Waals surface area contributed by atoms with Gasteiger partial charge in [-0.3, -0.25) is 19.4 Å². The molecule has 9 nitrogen and oxygen atoms in total. The summed E-state index contributed by atoms with van der Waals surface area (Å²) in [5.74, 6) is 0.151. The number of imide groups is 1. The van der Waals surface area contributed by atoms with E-state index >= 15 is 0 Å². The Balaban J connectivity index is 1.51. The van der Waals surface area contributed by atoms with Gasteiger partial charge in [0, 0.05) is 26.2 Å². The molecule has 30 heavy (non-hydrogen) atoms. The lowest BCUT2D eigenvalue weighted by molar-refractivity contribution is -0.136. The van der Waals surface area contributed by atoms with Crippen molar-refractivity contribution in [3.05, 3.63) is 29.8 Å². The Labute approximate surface area is 176 Å². The number of ether oxygens (including phenoxy) is 1. The van der Waals surface area contributed by atoms with Crippen molar-refractivity contribution in [1.82, 2.24) is 20.0 Å². The van der Waals surface area contributed by atoms with Crippen LogP contribution in [0.4, 0.5) is 4.79 Å². The summed E-state index contributed by atoms with van der Waals surface area (Å²) in [7, 11) is 3.60. The lowest BCUT2D eigenvalue weighted by atomic mass is 9.94. The summed E-state index contributed by atoms with van der Waals surface area (Å²) in [6.45, 7) is 1.78. The van der Waals surface area contributed by atoms with E-state index in [0.29, 0.717) is 45.4 Å². The van der Waals surface area contributed by atoms with Crippen LogP contribution in [0.3, 0.4) is 0 Å². The van der Waals surface area contributed by atoms with Gasteiger partial charge in [0.15, 0.2) is 0 Å². The standard InChI is InChI=1S/C21H30N4O5/c1-23(13-16-4-6-17(30-2)7-5-16)15-21(29)8-3-10-24(11-9-21)19(27)14-25-18(26)12-22-20(25)28/h4-7,29H,3,8-15H2,1-2H3,(H,22,28)/t21-/m1/s1. The zero-order chi connectivity index (χ0) is 21.7. The first kappa shape index (κ1) is 22.0. The second-order valence-corrected chi connectivity index (χ2v) is 8.12. The van der Waals surface area contributed by atoms with Crippen molar-refractivity contribution < 1.29 is 24.2 Å². The fourth-order valence-electron chi connectivity index (χ4n) is 4.04. The third-order valence-corrected chi connectivity index (χ3v) is 5.68. The zero-order valence-corrected chi connectivity index (χ0v) is 17.6. The number of likely N-dealkylation sites (N-methyl/N-ethyl adjacent to an activating group) is 1. The van der Waals surface area contributed by atoms with Crippen LogP contribution in [0.2, 0.25) is 0 Å². The first-order chi connectivity index (χ1) is 14.3. The van der Waals surface area contributed by atoms with Gasteiger partial charge in [-0.1, -0.05) is 12.1 Å². The topological polar surface area (TPSA) is 102 Å². The maximum Gasteiger partial charge on any atom is 0.325 e. The molecule has 164 valence electrons. The van der Waals surface area contributed by atoms with Gasteiger partial charge in [-0.2, -0.15) is 0 Å². The van der Waals surface area contributed by atoms with E-state index in [-0.39, 0.29) is 24.9 Å². The molecule has 2 N–H and O–H groups in total. The fraction of sp³-hybridized carbons (Fsp3) is 0.571. The number of hydrogen-bond donors (Lipinski definition) is 2. The number of likely N-dealkylation sites (tertiary alicyclic amines) is 1. The summed E-state index contributed by atoms with van der Waals surface area (Å²) in [5, 5.41) is 13.5. The van der Waals surface area contributed by atoms with E-state index in [1.54, 1.807) is 12.0 Å².